The van der Waals surface area contributed by atoms with Crippen molar-refractivity contribution in [2.45, 2.75) is 12.8 Å². The number of allylic oxidation sites excluding steroid dienone is 1. The molecular weight excluding hydrogens is 228 g/mol. The van der Waals surface area contributed by atoms with Crippen LogP contribution in [0.1, 0.15) is 12.8 Å². The maximum Gasteiger partial charge on any atom is 0.333 e. The van der Waals surface area contributed by atoms with Gasteiger partial charge >= 0.3 is 17.9 Å². The Hall–Kier alpha value is -1.85. The van der Waals surface area contributed by atoms with Crippen molar-refractivity contribution in [1.29, 1.82) is 0 Å². The van der Waals surface area contributed by atoms with E-state index in [1.807, 2.05) is 0 Å². The molecule has 0 radical (unpaired) electrons. The van der Waals surface area contributed by atoms with Gasteiger partial charge in [-0.1, -0.05) is 6.08 Å². The zero-order valence-corrected chi connectivity index (χ0v) is 9.73. The molecule has 17 heavy (non-hydrogen) atoms. The summed E-state index contributed by atoms with van der Waals surface area (Å²) in [5.41, 5.74) is 0.475. The van der Waals surface area contributed by atoms with Gasteiger partial charge in [0.15, 0.2) is 5.92 Å². The number of rotatable bonds is 4. The number of ether oxygens (including phenoxy) is 3. The Labute approximate surface area is 98.5 Å². The van der Waals surface area contributed by atoms with E-state index in [-0.39, 0.29) is 6.42 Å². The standard InChI is InChI=1S/C11H14O6/c1-15-10(13)8(11(14)16-2)4-3-7-5-6-17-9(7)12/h3,8H,4-6H2,1-2H3/b7-3+. The number of esters is 3. The zero-order chi connectivity index (χ0) is 12.8. The molecule has 6 heteroatoms. The van der Waals surface area contributed by atoms with E-state index >= 15 is 0 Å². The van der Waals surface area contributed by atoms with Crippen LogP contribution in [0.5, 0.6) is 0 Å². The van der Waals surface area contributed by atoms with Gasteiger partial charge in [-0.2, -0.15) is 0 Å². The first-order chi connectivity index (χ1) is 8.10. The van der Waals surface area contributed by atoms with E-state index in [9.17, 15) is 14.4 Å². The van der Waals surface area contributed by atoms with Gasteiger partial charge in [0.25, 0.3) is 0 Å². The quantitative estimate of drug-likeness (QED) is 0.303. The molecule has 1 heterocycles. The zero-order valence-electron chi connectivity index (χ0n) is 9.73. The molecule has 0 saturated carbocycles. The fourth-order valence-corrected chi connectivity index (χ4v) is 1.47. The third-order valence-electron chi connectivity index (χ3n) is 2.44. The highest BCUT2D eigenvalue weighted by atomic mass is 16.5. The van der Waals surface area contributed by atoms with E-state index in [0.29, 0.717) is 18.6 Å². The van der Waals surface area contributed by atoms with Crippen LogP contribution in [0, 0.1) is 5.92 Å². The molecule has 1 fully saturated rings. The first-order valence-corrected chi connectivity index (χ1v) is 5.12. The lowest BCUT2D eigenvalue weighted by Gasteiger charge is -2.09. The van der Waals surface area contributed by atoms with Crippen LogP contribution in [0.3, 0.4) is 0 Å². The third kappa shape index (κ3) is 3.30. The molecule has 1 rings (SSSR count). The summed E-state index contributed by atoms with van der Waals surface area (Å²) in [6.07, 6.45) is 2.09. The fourth-order valence-electron chi connectivity index (χ4n) is 1.47. The number of hydrogen-bond donors (Lipinski definition) is 0. The minimum absolute atomic E-state index is 0.0732. The highest BCUT2D eigenvalue weighted by Crippen LogP contribution is 2.17. The van der Waals surface area contributed by atoms with Crippen LogP contribution in [-0.2, 0) is 28.6 Å². The molecule has 94 valence electrons. The topological polar surface area (TPSA) is 78.9 Å². The lowest BCUT2D eigenvalue weighted by molar-refractivity contribution is -0.158. The molecule has 0 aromatic carbocycles. The maximum absolute atomic E-state index is 11.3. The summed E-state index contributed by atoms with van der Waals surface area (Å²) in [4.78, 5) is 33.8. The number of carbonyl (C=O) groups excluding carboxylic acids is 3. The molecule has 0 amide bonds. The molecule has 0 unspecified atom stereocenters. The van der Waals surface area contributed by atoms with Crippen LogP contribution < -0.4 is 0 Å². The largest absolute Gasteiger partial charge is 0.468 e. The number of carbonyl (C=O) groups is 3. The van der Waals surface area contributed by atoms with Crippen LogP contribution in [0.25, 0.3) is 0 Å². The van der Waals surface area contributed by atoms with Crippen molar-refractivity contribution < 1.29 is 28.6 Å². The highest BCUT2D eigenvalue weighted by Gasteiger charge is 2.28. The van der Waals surface area contributed by atoms with Crippen molar-refractivity contribution in [1.82, 2.24) is 0 Å². The number of hydrogen-bond acceptors (Lipinski definition) is 6. The van der Waals surface area contributed by atoms with Crippen molar-refractivity contribution in [2.24, 2.45) is 5.92 Å². The summed E-state index contributed by atoms with van der Waals surface area (Å²) in [5.74, 6) is -2.80. The maximum atomic E-state index is 11.3. The van der Waals surface area contributed by atoms with Crippen molar-refractivity contribution in [2.75, 3.05) is 20.8 Å². The summed E-state index contributed by atoms with van der Waals surface area (Å²) < 4.78 is 13.7. The van der Waals surface area contributed by atoms with Gasteiger partial charge in [-0.05, 0) is 6.42 Å². The van der Waals surface area contributed by atoms with E-state index in [0.717, 1.165) is 0 Å². The number of cyclic esters (lactones) is 1. The second kappa shape index (κ2) is 6.03. The Morgan fingerprint density at radius 2 is 1.94 bits per heavy atom. The van der Waals surface area contributed by atoms with Gasteiger partial charge in [0, 0.05) is 12.0 Å². The molecule has 0 aliphatic carbocycles. The van der Waals surface area contributed by atoms with Crippen LogP contribution in [-0.4, -0.2) is 38.7 Å². The molecule has 0 atom stereocenters. The fraction of sp³-hybridized carbons (Fsp3) is 0.545. The average molecular weight is 242 g/mol. The Balaban J connectivity index is 2.70. The molecular formula is C11H14O6. The predicted molar refractivity (Wildman–Crippen MR) is 55.8 cm³/mol. The van der Waals surface area contributed by atoms with Crippen molar-refractivity contribution in [3.8, 4) is 0 Å². The Morgan fingerprint density at radius 1 is 1.35 bits per heavy atom. The van der Waals surface area contributed by atoms with Gasteiger partial charge in [0.05, 0.1) is 20.8 Å². The van der Waals surface area contributed by atoms with Crippen LogP contribution >= 0.6 is 0 Å². The van der Waals surface area contributed by atoms with E-state index in [4.69, 9.17) is 4.74 Å². The minimum Gasteiger partial charge on any atom is -0.468 e. The molecule has 6 nitrogen and oxygen atoms in total. The van der Waals surface area contributed by atoms with E-state index < -0.39 is 23.8 Å². The van der Waals surface area contributed by atoms with E-state index in [2.05, 4.69) is 9.47 Å². The lowest BCUT2D eigenvalue weighted by Crippen LogP contribution is -2.26. The first kappa shape index (κ1) is 13.2. The summed E-state index contributed by atoms with van der Waals surface area (Å²) in [7, 11) is 2.38. The summed E-state index contributed by atoms with van der Waals surface area (Å²) >= 11 is 0. The molecule has 0 aromatic rings. The summed E-state index contributed by atoms with van der Waals surface area (Å²) in [5, 5.41) is 0. The van der Waals surface area contributed by atoms with Crippen LogP contribution in [0.15, 0.2) is 11.6 Å². The molecule has 0 bridgehead atoms. The van der Waals surface area contributed by atoms with Crippen molar-refractivity contribution in [3.63, 3.8) is 0 Å². The van der Waals surface area contributed by atoms with Gasteiger partial charge in [-0.15, -0.1) is 0 Å². The van der Waals surface area contributed by atoms with E-state index in [1.54, 1.807) is 0 Å². The van der Waals surface area contributed by atoms with Crippen molar-refractivity contribution >= 4 is 17.9 Å². The second-order valence-corrected chi connectivity index (χ2v) is 3.45. The summed E-state index contributed by atoms with van der Waals surface area (Å²) in [6.45, 7) is 0.339. The van der Waals surface area contributed by atoms with Gasteiger partial charge in [-0.25, -0.2) is 4.79 Å². The summed E-state index contributed by atoms with van der Waals surface area (Å²) in [6, 6.07) is 0. The SMILES string of the molecule is COC(=O)C(C/C=C1\CCOC1=O)C(=O)OC. The van der Waals surface area contributed by atoms with Gasteiger partial charge in [-0.3, -0.25) is 9.59 Å². The average Bonchev–Trinajstić information content (AvgIpc) is 2.74. The Kier molecular flexibility index (Phi) is 4.68. The van der Waals surface area contributed by atoms with Gasteiger partial charge < -0.3 is 14.2 Å². The highest BCUT2D eigenvalue weighted by molar-refractivity contribution is 5.95. The Bertz CT molecular complexity index is 341. The van der Waals surface area contributed by atoms with Gasteiger partial charge in [0.1, 0.15) is 0 Å². The Morgan fingerprint density at radius 3 is 2.35 bits per heavy atom. The normalized spacial score (nSPS) is 17.1. The predicted octanol–water partition coefficient (Wildman–Crippen LogP) is 0.212. The van der Waals surface area contributed by atoms with Crippen LogP contribution in [0.2, 0.25) is 0 Å². The smallest absolute Gasteiger partial charge is 0.333 e. The second-order valence-electron chi connectivity index (χ2n) is 3.45. The number of methoxy groups -OCH3 is 2. The minimum atomic E-state index is -1.04. The van der Waals surface area contributed by atoms with Crippen molar-refractivity contribution in [3.05, 3.63) is 11.6 Å². The lowest BCUT2D eigenvalue weighted by atomic mass is 10.0. The molecule has 0 aromatic heterocycles. The molecule has 0 N–H and O–H groups in total. The third-order valence-corrected chi connectivity index (χ3v) is 2.44. The van der Waals surface area contributed by atoms with Gasteiger partial charge in [0.2, 0.25) is 0 Å². The monoisotopic (exact) mass is 242 g/mol. The molecule has 0 spiro atoms. The molecule has 1 aliphatic rings. The van der Waals surface area contributed by atoms with E-state index in [1.165, 1.54) is 20.3 Å². The van der Waals surface area contributed by atoms with Crippen LogP contribution in [0.4, 0.5) is 0 Å². The first-order valence-electron chi connectivity index (χ1n) is 5.12. The molecule has 1 saturated heterocycles. The molecule has 1 aliphatic heterocycles.